The summed E-state index contributed by atoms with van der Waals surface area (Å²) in [6.07, 6.45) is 0. The van der Waals surface area contributed by atoms with E-state index < -0.39 is 11.8 Å². The summed E-state index contributed by atoms with van der Waals surface area (Å²) in [7, 11) is 0. The molecule has 0 bridgehead atoms. The van der Waals surface area contributed by atoms with Crippen LogP contribution < -0.4 is 10.6 Å². The van der Waals surface area contributed by atoms with Gasteiger partial charge < -0.3 is 20.5 Å². The van der Waals surface area contributed by atoms with Crippen molar-refractivity contribution in [3.63, 3.8) is 0 Å². The van der Waals surface area contributed by atoms with E-state index in [2.05, 4.69) is 33.2 Å². The van der Waals surface area contributed by atoms with Gasteiger partial charge in [-0.2, -0.15) is 0 Å². The molecule has 0 aliphatic carbocycles. The van der Waals surface area contributed by atoms with Crippen LogP contribution in [-0.4, -0.2) is 43.3 Å². The zero-order valence-corrected chi connectivity index (χ0v) is 13.3. The van der Waals surface area contributed by atoms with Gasteiger partial charge in [0, 0.05) is 15.8 Å². The lowest BCUT2D eigenvalue weighted by atomic mass is 10.2. The molecule has 1 rings (SSSR count). The van der Waals surface area contributed by atoms with Gasteiger partial charge in [0.2, 0.25) is 0 Å². The average Bonchev–Trinajstić information content (AvgIpc) is 2.41. The van der Waals surface area contributed by atoms with Crippen molar-refractivity contribution < 1.29 is 19.4 Å². The number of benzene rings is 1. The van der Waals surface area contributed by atoms with Crippen molar-refractivity contribution in [3.05, 3.63) is 27.3 Å². The van der Waals surface area contributed by atoms with Gasteiger partial charge in [0.05, 0.1) is 19.8 Å². The third kappa shape index (κ3) is 5.85. The minimum Gasteiger partial charge on any atom is -0.394 e. The molecule has 0 aliphatic rings. The largest absolute Gasteiger partial charge is 0.394 e. The smallest absolute Gasteiger partial charge is 0.313 e. The van der Waals surface area contributed by atoms with Gasteiger partial charge >= 0.3 is 11.8 Å². The summed E-state index contributed by atoms with van der Waals surface area (Å²) in [4.78, 5) is 23.2. The molecule has 0 aromatic heterocycles. The third-order valence-corrected chi connectivity index (χ3v) is 3.08. The van der Waals surface area contributed by atoms with Gasteiger partial charge in [-0.25, -0.2) is 0 Å². The van der Waals surface area contributed by atoms with Gasteiger partial charge in [0.25, 0.3) is 0 Å². The molecule has 0 heterocycles. The highest BCUT2D eigenvalue weighted by atomic mass is 127. The standard InChI is InChI=1S/C13H17IN2O4/c1-9-8-10(14)2-3-11(9)16-13(19)12(18)15-4-6-20-7-5-17/h2-3,8,17H,4-7H2,1H3,(H,15,18)(H,16,19). The lowest BCUT2D eigenvalue weighted by Crippen LogP contribution is -2.37. The van der Waals surface area contributed by atoms with E-state index in [0.717, 1.165) is 9.13 Å². The van der Waals surface area contributed by atoms with Crippen LogP contribution in [0, 0.1) is 10.5 Å². The summed E-state index contributed by atoms with van der Waals surface area (Å²) in [5.74, 6) is -1.42. The molecular formula is C13H17IN2O4. The summed E-state index contributed by atoms with van der Waals surface area (Å²) in [6.45, 7) is 2.48. The number of hydrogen-bond donors (Lipinski definition) is 3. The number of rotatable bonds is 6. The number of ether oxygens (including phenoxy) is 1. The predicted molar refractivity (Wildman–Crippen MR) is 83.4 cm³/mol. The lowest BCUT2D eigenvalue weighted by molar-refractivity contribution is -0.136. The molecular weight excluding hydrogens is 375 g/mol. The number of nitrogens with one attached hydrogen (secondary N) is 2. The molecule has 1 aromatic carbocycles. The molecule has 0 saturated carbocycles. The van der Waals surface area contributed by atoms with Crippen LogP contribution in [-0.2, 0) is 14.3 Å². The number of carbonyl (C=O) groups is 2. The van der Waals surface area contributed by atoms with Crippen molar-refractivity contribution in [2.24, 2.45) is 0 Å². The van der Waals surface area contributed by atoms with Crippen molar-refractivity contribution in [3.8, 4) is 0 Å². The molecule has 0 unspecified atom stereocenters. The van der Waals surface area contributed by atoms with Crippen LogP contribution >= 0.6 is 22.6 Å². The van der Waals surface area contributed by atoms with E-state index in [9.17, 15) is 9.59 Å². The maximum absolute atomic E-state index is 11.7. The fraction of sp³-hybridized carbons (Fsp3) is 0.385. The normalized spacial score (nSPS) is 10.2. The van der Waals surface area contributed by atoms with Gasteiger partial charge in [-0.1, -0.05) is 0 Å². The van der Waals surface area contributed by atoms with Crippen LogP contribution in [0.3, 0.4) is 0 Å². The van der Waals surface area contributed by atoms with Crippen molar-refractivity contribution in [2.45, 2.75) is 6.92 Å². The Hall–Kier alpha value is -1.19. The Bertz CT molecular complexity index is 479. The van der Waals surface area contributed by atoms with E-state index in [1.54, 1.807) is 6.07 Å². The van der Waals surface area contributed by atoms with E-state index in [-0.39, 0.29) is 26.4 Å². The number of aliphatic hydroxyl groups is 1. The molecule has 110 valence electrons. The van der Waals surface area contributed by atoms with Gasteiger partial charge in [-0.3, -0.25) is 9.59 Å². The molecule has 0 fully saturated rings. The Balaban J connectivity index is 2.39. The number of anilines is 1. The van der Waals surface area contributed by atoms with E-state index in [4.69, 9.17) is 9.84 Å². The zero-order valence-electron chi connectivity index (χ0n) is 11.1. The SMILES string of the molecule is Cc1cc(I)ccc1NC(=O)C(=O)NCCOCCO. The second-order valence-electron chi connectivity index (χ2n) is 4.01. The van der Waals surface area contributed by atoms with Crippen LogP contribution in [0.4, 0.5) is 5.69 Å². The molecule has 0 atom stereocenters. The average molecular weight is 392 g/mol. The first-order valence-electron chi connectivity index (χ1n) is 6.08. The summed E-state index contributed by atoms with van der Waals surface area (Å²) in [5.41, 5.74) is 1.51. The minimum atomic E-state index is -0.712. The Morgan fingerprint density at radius 3 is 2.70 bits per heavy atom. The van der Waals surface area contributed by atoms with Gasteiger partial charge in [-0.15, -0.1) is 0 Å². The van der Waals surface area contributed by atoms with E-state index in [0.29, 0.717) is 5.69 Å². The molecule has 3 N–H and O–H groups in total. The Morgan fingerprint density at radius 1 is 1.30 bits per heavy atom. The molecule has 0 aliphatic heterocycles. The fourth-order valence-electron chi connectivity index (χ4n) is 1.43. The molecule has 0 radical (unpaired) electrons. The Labute approximate surface area is 131 Å². The van der Waals surface area contributed by atoms with Crippen LogP contribution in [0.1, 0.15) is 5.56 Å². The number of aryl methyl sites for hydroxylation is 1. The van der Waals surface area contributed by atoms with E-state index in [1.807, 2.05) is 19.1 Å². The summed E-state index contributed by atoms with van der Waals surface area (Å²) in [5, 5.41) is 13.5. The van der Waals surface area contributed by atoms with Crippen molar-refractivity contribution >= 4 is 40.1 Å². The maximum atomic E-state index is 11.7. The number of amides is 2. The van der Waals surface area contributed by atoms with Crippen molar-refractivity contribution in [1.82, 2.24) is 5.32 Å². The number of halogens is 1. The first-order chi connectivity index (χ1) is 9.54. The Morgan fingerprint density at radius 2 is 2.05 bits per heavy atom. The summed E-state index contributed by atoms with van der Waals surface area (Å²) in [6, 6.07) is 5.52. The summed E-state index contributed by atoms with van der Waals surface area (Å²) < 4.78 is 6.03. The monoisotopic (exact) mass is 392 g/mol. The lowest BCUT2D eigenvalue weighted by Gasteiger charge is -2.09. The van der Waals surface area contributed by atoms with Crippen LogP contribution in [0.2, 0.25) is 0 Å². The highest BCUT2D eigenvalue weighted by molar-refractivity contribution is 14.1. The molecule has 2 amide bonds. The topological polar surface area (TPSA) is 87.7 Å². The molecule has 0 saturated heterocycles. The fourth-order valence-corrected chi connectivity index (χ4v) is 2.08. The predicted octanol–water partition coefficient (Wildman–Crippen LogP) is 0.663. The van der Waals surface area contributed by atoms with Gasteiger partial charge in [0.1, 0.15) is 0 Å². The molecule has 20 heavy (non-hydrogen) atoms. The first kappa shape index (κ1) is 16.9. The molecule has 0 spiro atoms. The molecule has 1 aromatic rings. The second-order valence-corrected chi connectivity index (χ2v) is 5.25. The third-order valence-electron chi connectivity index (χ3n) is 2.41. The molecule has 7 heteroatoms. The van der Waals surface area contributed by atoms with Gasteiger partial charge in [-0.05, 0) is 53.3 Å². The van der Waals surface area contributed by atoms with Crippen LogP contribution in [0.15, 0.2) is 18.2 Å². The maximum Gasteiger partial charge on any atom is 0.313 e. The van der Waals surface area contributed by atoms with Gasteiger partial charge in [0.15, 0.2) is 0 Å². The first-order valence-corrected chi connectivity index (χ1v) is 7.16. The second kappa shape index (κ2) is 8.88. The van der Waals surface area contributed by atoms with E-state index >= 15 is 0 Å². The number of carbonyl (C=O) groups excluding carboxylic acids is 2. The quantitative estimate of drug-likeness (QED) is 0.377. The minimum absolute atomic E-state index is 0.0689. The van der Waals surface area contributed by atoms with Crippen molar-refractivity contribution in [1.29, 1.82) is 0 Å². The highest BCUT2D eigenvalue weighted by Crippen LogP contribution is 2.17. The molecule has 6 nitrogen and oxygen atoms in total. The van der Waals surface area contributed by atoms with Crippen LogP contribution in [0.25, 0.3) is 0 Å². The number of hydrogen-bond acceptors (Lipinski definition) is 4. The van der Waals surface area contributed by atoms with E-state index in [1.165, 1.54) is 0 Å². The zero-order chi connectivity index (χ0) is 15.0. The van der Waals surface area contributed by atoms with Crippen LogP contribution in [0.5, 0.6) is 0 Å². The number of aliphatic hydroxyl groups excluding tert-OH is 1. The van der Waals surface area contributed by atoms with Crippen molar-refractivity contribution in [2.75, 3.05) is 31.7 Å². The Kier molecular flexibility index (Phi) is 7.48. The highest BCUT2D eigenvalue weighted by Gasteiger charge is 2.13. The summed E-state index contributed by atoms with van der Waals surface area (Å²) >= 11 is 2.17.